The van der Waals surface area contributed by atoms with Crippen molar-refractivity contribution in [2.24, 2.45) is 11.8 Å². The van der Waals surface area contributed by atoms with Gasteiger partial charge < -0.3 is 5.32 Å². The summed E-state index contributed by atoms with van der Waals surface area (Å²) in [5.74, 6) is 1.12. The standard InChI is InChI=1S/C21H30N4O3S/c1-16-6-5-8-19(17(16)2)23-21(26)15-24-10-12-25(13-11-24)29(27,28)20-9-4-3-7-18(20)14-22/h3-4,7,9,16-17,19H,5-6,8,10-13,15H2,1-2H3,(H,23,26)/t16-,17+,19+/m0/s1. The highest BCUT2D eigenvalue weighted by molar-refractivity contribution is 7.89. The number of amides is 1. The molecule has 0 aromatic heterocycles. The quantitative estimate of drug-likeness (QED) is 0.787. The van der Waals surface area contributed by atoms with Crippen molar-refractivity contribution >= 4 is 15.9 Å². The molecule has 1 aromatic carbocycles. The second-order valence-electron chi connectivity index (χ2n) is 8.23. The van der Waals surface area contributed by atoms with E-state index in [0.29, 0.717) is 44.6 Å². The highest BCUT2D eigenvalue weighted by Gasteiger charge is 2.32. The molecular weight excluding hydrogens is 388 g/mol. The first-order valence-electron chi connectivity index (χ1n) is 10.3. The molecule has 7 nitrogen and oxygen atoms in total. The molecule has 158 valence electrons. The van der Waals surface area contributed by atoms with Crippen LogP contribution in [0.3, 0.4) is 0 Å². The minimum absolute atomic E-state index is 0.0158. The third-order valence-electron chi connectivity index (χ3n) is 6.38. The summed E-state index contributed by atoms with van der Waals surface area (Å²) in [6.45, 7) is 6.36. The molecule has 1 saturated heterocycles. The molecule has 1 aliphatic carbocycles. The maximum Gasteiger partial charge on any atom is 0.244 e. The lowest BCUT2D eigenvalue weighted by molar-refractivity contribution is -0.124. The van der Waals surface area contributed by atoms with E-state index in [4.69, 9.17) is 0 Å². The fourth-order valence-electron chi connectivity index (χ4n) is 4.29. The highest BCUT2D eigenvalue weighted by atomic mass is 32.2. The Kier molecular flexibility index (Phi) is 6.93. The van der Waals surface area contributed by atoms with Crippen molar-refractivity contribution in [1.82, 2.24) is 14.5 Å². The summed E-state index contributed by atoms with van der Waals surface area (Å²) in [5, 5.41) is 12.4. The molecule has 2 fully saturated rings. The number of rotatable bonds is 5. The van der Waals surface area contributed by atoms with Gasteiger partial charge in [0.15, 0.2) is 0 Å². The number of hydrogen-bond donors (Lipinski definition) is 1. The lowest BCUT2D eigenvalue weighted by Crippen LogP contribution is -2.53. The average Bonchev–Trinajstić information content (AvgIpc) is 2.71. The maximum absolute atomic E-state index is 12.9. The van der Waals surface area contributed by atoms with Gasteiger partial charge >= 0.3 is 0 Å². The third kappa shape index (κ3) is 4.97. The number of hydrogen-bond acceptors (Lipinski definition) is 5. The second-order valence-corrected chi connectivity index (χ2v) is 10.1. The fourth-order valence-corrected chi connectivity index (χ4v) is 5.86. The van der Waals surface area contributed by atoms with Gasteiger partial charge in [0.05, 0.1) is 17.0 Å². The highest BCUT2D eigenvalue weighted by Crippen LogP contribution is 2.29. The zero-order chi connectivity index (χ0) is 21.0. The Bertz CT molecular complexity index is 872. The van der Waals surface area contributed by atoms with Gasteiger partial charge in [-0.3, -0.25) is 9.69 Å². The fraction of sp³-hybridized carbons (Fsp3) is 0.619. The van der Waals surface area contributed by atoms with E-state index >= 15 is 0 Å². The van der Waals surface area contributed by atoms with E-state index in [9.17, 15) is 18.5 Å². The monoisotopic (exact) mass is 418 g/mol. The van der Waals surface area contributed by atoms with E-state index in [2.05, 4.69) is 19.2 Å². The summed E-state index contributed by atoms with van der Waals surface area (Å²) in [7, 11) is -3.71. The summed E-state index contributed by atoms with van der Waals surface area (Å²) in [6.07, 6.45) is 3.40. The molecule has 1 saturated carbocycles. The number of piperazine rings is 1. The van der Waals surface area contributed by atoms with Crippen LogP contribution >= 0.6 is 0 Å². The van der Waals surface area contributed by atoms with Gasteiger partial charge in [0, 0.05) is 32.2 Å². The molecule has 8 heteroatoms. The third-order valence-corrected chi connectivity index (χ3v) is 8.33. The van der Waals surface area contributed by atoms with E-state index in [1.807, 2.05) is 11.0 Å². The van der Waals surface area contributed by atoms with Crippen LogP contribution in [-0.2, 0) is 14.8 Å². The molecule has 0 spiro atoms. The molecule has 3 atom stereocenters. The first-order valence-corrected chi connectivity index (χ1v) is 11.8. The first kappa shape index (κ1) is 21.8. The number of nitrogens with one attached hydrogen (secondary N) is 1. The molecule has 1 aromatic rings. The molecular formula is C21H30N4O3S. The smallest absolute Gasteiger partial charge is 0.244 e. The summed E-state index contributed by atoms with van der Waals surface area (Å²) in [6, 6.07) is 8.45. The lowest BCUT2D eigenvalue weighted by Gasteiger charge is -2.36. The normalized spacial score (nSPS) is 26.6. The molecule has 3 rings (SSSR count). The number of carbonyl (C=O) groups is 1. The second kappa shape index (κ2) is 9.24. The van der Waals surface area contributed by atoms with Crippen LogP contribution in [-0.4, -0.2) is 62.3 Å². The Morgan fingerprint density at radius 3 is 2.55 bits per heavy atom. The Balaban J connectivity index is 1.54. The van der Waals surface area contributed by atoms with Crippen molar-refractivity contribution < 1.29 is 13.2 Å². The van der Waals surface area contributed by atoms with Crippen molar-refractivity contribution in [3.05, 3.63) is 29.8 Å². The van der Waals surface area contributed by atoms with Gasteiger partial charge in [0.2, 0.25) is 15.9 Å². The van der Waals surface area contributed by atoms with Gasteiger partial charge in [-0.05, 0) is 30.4 Å². The van der Waals surface area contributed by atoms with Crippen molar-refractivity contribution in [2.45, 2.75) is 44.0 Å². The van der Waals surface area contributed by atoms with Crippen LogP contribution in [0.15, 0.2) is 29.2 Å². The SMILES string of the molecule is C[C@@H]1[C@@H](C)CCC[C@H]1NC(=O)CN1CCN(S(=O)(=O)c2ccccc2C#N)CC1. The van der Waals surface area contributed by atoms with Gasteiger partial charge in [0.25, 0.3) is 0 Å². The van der Waals surface area contributed by atoms with E-state index in [0.717, 1.165) is 12.8 Å². The van der Waals surface area contributed by atoms with Gasteiger partial charge in [0.1, 0.15) is 6.07 Å². The van der Waals surface area contributed by atoms with Crippen molar-refractivity contribution in [2.75, 3.05) is 32.7 Å². The van der Waals surface area contributed by atoms with Crippen molar-refractivity contribution in [3.8, 4) is 6.07 Å². The number of nitrogens with zero attached hydrogens (tertiary/aromatic N) is 3. The van der Waals surface area contributed by atoms with Gasteiger partial charge in [-0.25, -0.2) is 8.42 Å². The zero-order valence-corrected chi connectivity index (χ0v) is 18.0. The largest absolute Gasteiger partial charge is 0.352 e. The van der Waals surface area contributed by atoms with Crippen LogP contribution in [0.4, 0.5) is 0 Å². The lowest BCUT2D eigenvalue weighted by atomic mass is 9.78. The summed E-state index contributed by atoms with van der Waals surface area (Å²) in [4.78, 5) is 14.5. The van der Waals surface area contributed by atoms with E-state index in [1.165, 1.54) is 22.9 Å². The molecule has 2 aliphatic rings. The van der Waals surface area contributed by atoms with Gasteiger partial charge in [-0.15, -0.1) is 0 Å². The first-order chi connectivity index (χ1) is 13.8. The molecule has 1 N–H and O–H groups in total. The van der Waals surface area contributed by atoms with E-state index in [1.54, 1.807) is 12.1 Å². The molecule has 0 unspecified atom stereocenters. The summed E-state index contributed by atoms with van der Waals surface area (Å²) < 4.78 is 27.2. The maximum atomic E-state index is 12.9. The van der Waals surface area contributed by atoms with Crippen LogP contribution in [0.25, 0.3) is 0 Å². The zero-order valence-electron chi connectivity index (χ0n) is 17.2. The molecule has 29 heavy (non-hydrogen) atoms. The van der Waals surface area contributed by atoms with Gasteiger partial charge in [-0.1, -0.05) is 38.8 Å². The molecule has 0 bridgehead atoms. The molecule has 1 heterocycles. The van der Waals surface area contributed by atoms with Gasteiger partial charge in [-0.2, -0.15) is 9.57 Å². The minimum Gasteiger partial charge on any atom is -0.352 e. The van der Waals surface area contributed by atoms with E-state index in [-0.39, 0.29) is 22.4 Å². The van der Waals surface area contributed by atoms with E-state index < -0.39 is 10.0 Å². The van der Waals surface area contributed by atoms with Crippen molar-refractivity contribution in [3.63, 3.8) is 0 Å². The van der Waals surface area contributed by atoms with Crippen LogP contribution < -0.4 is 5.32 Å². The predicted molar refractivity (Wildman–Crippen MR) is 110 cm³/mol. The number of nitriles is 1. The van der Waals surface area contributed by atoms with Crippen molar-refractivity contribution in [1.29, 1.82) is 5.26 Å². The van der Waals surface area contributed by atoms with Crippen LogP contribution in [0, 0.1) is 23.2 Å². The predicted octanol–water partition coefficient (Wildman–Crippen LogP) is 1.81. The summed E-state index contributed by atoms with van der Waals surface area (Å²) >= 11 is 0. The minimum atomic E-state index is -3.71. The average molecular weight is 419 g/mol. The van der Waals surface area contributed by atoms with Crippen LogP contribution in [0.2, 0.25) is 0 Å². The summed E-state index contributed by atoms with van der Waals surface area (Å²) in [5.41, 5.74) is 0.158. The topological polar surface area (TPSA) is 93.5 Å². The molecule has 0 radical (unpaired) electrons. The number of sulfonamides is 1. The number of benzene rings is 1. The van der Waals surface area contributed by atoms with Crippen LogP contribution in [0.1, 0.15) is 38.7 Å². The Labute approximate surface area is 173 Å². The number of carbonyl (C=O) groups excluding carboxylic acids is 1. The molecule has 1 amide bonds. The Morgan fingerprint density at radius 1 is 1.17 bits per heavy atom. The Hall–Kier alpha value is -1.95. The van der Waals surface area contributed by atoms with Crippen LogP contribution in [0.5, 0.6) is 0 Å². The molecule has 1 aliphatic heterocycles. The Morgan fingerprint density at radius 2 is 1.86 bits per heavy atom.